The van der Waals surface area contributed by atoms with Gasteiger partial charge in [-0.25, -0.2) is 9.18 Å². The van der Waals surface area contributed by atoms with E-state index >= 15 is 0 Å². The predicted molar refractivity (Wildman–Crippen MR) is 74.8 cm³/mol. The largest absolute Gasteiger partial charge is 0.465 e. The van der Waals surface area contributed by atoms with Crippen molar-refractivity contribution in [3.63, 3.8) is 0 Å². The number of hydrogen-bond acceptors (Lipinski definition) is 5. The molecule has 114 valence electrons. The molecule has 1 aromatic rings. The zero-order valence-corrected chi connectivity index (χ0v) is 11.9. The number of anilines is 1. The Hall–Kier alpha value is -2.18. The summed E-state index contributed by atoms with van der Waals surface area (Å²) < 4.78 is 18.2. The van der Waals surface area contributed by atoms with Crippen LogP contribution >= 0.6 is 0 Å². The highest BCUT2D eigenvalue weighted by atomic mass is 19.1. The van der Waals surface area contributed by atoms with Crippen molar-refractivity contribution in [3.05, 3.63) is 33.6 Å². The number of nitrogens with zero attached hydrogens (tertiary/aromatic N) is 1. The number of rotatable bonds is 6. The lowest BCUT2D eigenvalue weighted by atomic mass is 10.1. The first-order valence-electron chi connectivity index (χ1n) is 6.80. The van der Waals surface area contributed by atoms with Crippen molar-refractivity contribution >= 4 is 17.3 Å². The number of esters is 1. The van der Waals surface area contributed by atoms with Crippen LogP contribution in [0.25, 0.3) is 0 Å². The molecular weight excluding hydrogens is 279 g/mol. The highest BCUT2D eigenvalue weighted by Crippen LogP contribution is 2.39. The molecule has 1 aliphatic rings. The molecule has 1 fully saturated rings. The fraction of sp³-hybridized carbons (Fsp3) is 0.500. The maximum absolute atomic E-state index is 13.7. The van der Waals surface area contributed by atoms with Crippen LogP contribution in [0.3, 0.4) is 0 Å². The van der Waals surface area contributed by atoms with E-state index in [0.717, 1.165) is 38.5 Å². The Morgan fingerprint density at radius 1 is 1.57 bits per heavy atom. The van der Waals surface area contributed by atoms with E-state index in [0.29, 0.717) is 5.92 Å². The van der Waals surface area contributed by atoms with Crippen molar-refractivity contribution < 1.29 is 18.8 Å². The van der Waals surface area contributed by atoms with Crippen LogP contribution in [0.15, 0.2) is 12.1 Å². The smallest absolute Gasteiger partial charge is 0.340 e. The summed E-state index contributed by atoms with van der Waals surface area (Å²) in [7, 11) is 1.13. The van der Waals surface area contributed by atoms with Gasteiger partial charge in [0, 0.05) is 6.04 Å². The Labute approximate surface area is 121 Å². The Kier molecular flexibility index (Phi) is 4.40. The minimum Gasteiger partial charge on any atom is -0.465 e. The van der Waals surface area contributed by atoms with Crippen LogP contribution in [0.1, 0.15) is 36.5 Å². The van der Waals surface area contributed by atoms with E-state index < -0.39 is 16.7 Å². The van der Waals surface area contributed by atoms with E-state index in [-0.39, 0.29) is 23.0 Å². The van der Waals surface area contributed by atoms with Crippen molar-refractivity contribution in [2.45, 2.75) is 32.2 Å². The topological polar surface area (TPSA) is 81.5 Å². The van der Waals surface area contributed by atoms with Crippen molar-refractivity contribution in [1.29, 1.82) is 0 Å². The van der Waals surface area contributed by atoms with E-state index in [1.807, 2.05) is 0 Å². The summed E-state index contributed by atoms with van der Waals surface area (Å²) in [6.45, 7) is 2.07. The molecule has 2 atom stereocenters. The Balaban J connectivity index is 2.29. The van der Waals surface area contributed by atoms with Crippen LogP contribution in [-0.2, 0) is 4.74 Å². The molecule has 2 unspecified atom stereocenters. The summed E-state index contributed by atoms with van der Waals surface area (Å²) in [5.41, 5.74) is -0.522. The number of ether oxygens (including phenoxy) is 1. The second-order valence-corrected chi connectivity index (χ2v) is 5.13. The normalized spacial score (nSPS) is 20.0. The van der Waals surface area contributed by atoms with Gasteiger partial charge in [0.15, 0.2) is 0 Å². The third-order valence-electron chi connectivity index (χ3n) is 3.61. The van der Waals surface area contributed by atoms with E-state index in [2.05, 4.69) is 17.0 Å². The van der Waals surface area contributed by atoms with Gasteiger partial charge in [0.1, 0.15) is 11.5 Å². The number of halogens is 1. The highest BCUT2D eigenvalue weighted by molar-refractivity contribution is 5.92. The van der Waals surface area contributed by atoms with Crippen LogP contribution in [-0.4, -0.2) is 24.0 Å². The zero-order valence-electron chi connectivity index (χ0n) is 11.9. The molecular formula is C14H17FN2O4. The molecule has 21 heavy (non-hydrogen) atoms. The first-order valence-corrected chi connectivity index (χ1v) is 6.80. The molecule has 1 aromatic carbocycles. The van der Waals surface area contributed by atoms with Gasteiger partial charge in [0.05, 0.1) is 23.7 Å². The lowest BCUT2D eigenvalue weighted by Crippen LogP contribution is -2.11. The van der Waals surface area contributed by atoms with Gasteiger partial charge in [0.25, 0.3) is 5.69 Å². The molecule has 2 rings (SSSR count). The van der Waals surface area contributed by atoms with E-state index in [9.17, 15) is 19.3 Å². The Bertz CT molecular complexity index is 576. The summed E-state index contributed by atoms with van der Waals surface area (Å²) in [6.07, 6.45) is 3.01. The van der Waals surface area contributed by atoms with Crippen molar-refractivity contribution in [2.75, 3.05) is 12.4 Å². The van der Waals surface area contributed by atoms with E-state index in [1.54, 1.807) is 0 Å². The number of nitro groups is 1. The zero-order chi connectivity index (χ0) is 15.6. The first kappa shape index (κ1) is 15.2. The number of carbonyl (C=O) groups excluding carboxylic acids is 1. The molecule has 0 spiro atoms. The Morgan fingerprint density at radius 3 is 2.86 bits per heavy atom. The molecule has 0 heterocycles. The molecule has 1 aliphatic carbocycles. The van der Waals surface area contributed by atoms with Crippen LogP contribution in [0.4, 0.5) is 15.8 Å². The summed E-state index contributed by atoms with van der Waals surface area (Å²) in [6, 6.07) is 2.05. The summed E-state index contributed by atoms with van der Waals surface area (Å²) in [4.78, 5) is 21.8. The van der Waals surface area contributed by atoms with Gasteiger partial charge in [-0.3, -0.25) is 10.1 Å². The van der Waals surface area contributed by atoms with Gasteiger partial charge in [-0.1, -0.05) is 13.3 Å². The number of benzene rings is 1. The SMILES string of the molecule is CCCC1CC1Nc1cc(C(=O)OC)c(F)cc1[N+](=O)[O-]. The van der Waals surface area contributed by atoms with Crippen LogP contribution in [0.5, 0.6) is 0 Å². The quantitative estimate of drug-likeness (QED) is 0.495. The summed E-state index contributed by atoms with van der Waals surface area (Å²) in [5.74, 6) is -1.34. The number of nitro benzene ring substituents is 1. The van der Waals surface area contributed by atoms with Crippen LogP contribution in [0, 0.1) is 21.8 Å². The molecule has 0 bridgehead atoms. The van der Waals surface area contributed by atoms with Gasteiger partial charge in [0.2, 0.25) is 0 Å². The lowest BCUT2D eigenvalue weighted by Gasteiger charge is -2.09. The van der Waals surface area contributed by atoms with Gasteiger partial charge in [-0.2, -0.15) is 0 Å². The van der Waals surface area contributed by atoms with E-state index in [1.165, 1.54) is 0 Å². The first-order chi connectivity index (χ1) is 9.97. The molecule has 1 N–H and O–H groups in total. The second-order valence-electron chi connectivity index (χ2n) is 5.13. The van der Waals surface area contributed by atoms with Crippen molar-refractivity contribution in [2.24, 2.45) is 5.92 Å². The monoisotopic (exact) mass is 296 g/mol. The molecule has 0 radical (unpaired) electrons. The number of nitrogens with one attached hydrogen (secondary N) is 1. The average molecular weight is 296 g/mol. The highest BCUT2D eigenvalue weighted by Gasteiger charge is 2.37. The summed E-state index contributed by atoms with van der Waals surface area (Å²) >= 11 is 0. The van der Waals surface area contributed by atoms with Crippen LogP contribution in [0.2, 0.25) is 0 Å². The second kappa shape index (κ2) is 6.07. The third-order valence-corrected chi connectivity index (χ3v) is 3.61. The number of carbonyl (C=O) groups is 1. The predicted octanol–water partition coefficient (Wildman–Crippen LogP) is 3.12. The molecule has 0 aromatic heterocycles. The molecule has 0 amide bonds. The molecule has 0 saturated heterocycles. The minimum atomic E-state index is -0.958. The van der Waals surface area contributed by atoms with Gasteiger partial charge >= 0.3 is 5.97 Å². The molecule has 1 saturated carbocycles. The van der Waals surface area contributed by atoms with Gasteiger partial charge in [-0.05, 0) is 24.8 Å². The van der Waals surface area contributed by atoms with Crippen molar-refractivity contribution in [1.82, 2.24) is 0 Å². The fourth-order valence-electron chi connectivity index (χ4n) is 2.41. The molecule has 6 nitrogen and oxygen atoms in total. The lowest BCUT2D eigenvalue weighted by molar-refractivity contribution is -0.384. The van der Waals surface area contributed by atoms with Gasteiger partial charge < -0.3 is 10.1 Å². The maximum Gasteiger partial charge on any atom is 0.340 e. The standard InChI is InChI=1S/C14H17FN2O4/c1-3-4-8-5-11(8)16-12-6-9(14(18)21-2)10(15)7-13(12)17(19)20/h6-8,11,16H,3-5H2,1-2H3. The van der Waals surface area contributed by atoms with Crippen molar-refractivity contribution in [3.8, 4) is 0 Å². The summed E-state index contributed by atoms with van der Waals surface area (Å²) in [5, 5.41) is 14.0. The van der Waals surface area contributed by atoms with Crippen LogP contribution < -0.4 is 5.32 Å². The molecule has 7 heteroatoms. The third kappa shape index (κ3) is 3.29. The minimum absolute atomic E-state index is 0.139. The average Bonchev–Trinajstić information content (AvgIpc) is 3.17. The number of hydrogen-bond donors (Lipinski definition) is 1. The van der Waals surface area contributed by atoms with E-state index in [4.69, 9.17) is 0 Å². The molecule has 0 aliphatic heterocycles. The number of methoxy groups -OCH3 is 1. The van der Waals surface area contributed by atoms with Gasteiger partial charge in [-0.15, -0.1) is 0 Å². The Morgan fingerprint density at radius 2 is 2.29 bits per heavy atom. The fourth-order valence-corrected chi connectivity index (χ4v) is 2.41. The maximum atomic E-state index is 13.7.